The van der Waals surface area contributed by atoms with Crippen molar-refractivity contribution in [3.63, 3.8) is 0 Å². The molecule has 0 aromatic carbocycles. The third-order valence-corrected chi connectivity index (χ3v) is 5.81. The molecule has 0 unspecified atom stereocenters. The van der Waals surface area contributed by atoms with Gasteiger partial charge in [-0.15, -0.1) is 11.8 Å². The van der Waals surface area contributed by atoms with Gasteiger partial charge in [-0.2, -0.15) is 0 Å². The molecule has 0 aliphatic heterocycles. The molecule has 9 heteroatoms. The van der Waals surface area contributed by atoms with E-state index in [1.807, 2.05) is 30.8 Å². The predicted octanol–water partition coefficient (Wildman–Crippen LogP) is 3.20. The van der Waals surface area contributed by atoms with E-state index in [0.717, 1.165) is 30.0 Å². The Bertz CT molecular complexity index is 1040. The predicted molar refractivity (Wildman–Crippen MR) is 119 cm³/mol. The average Bonchev–Trinajstić information content (AvgIpc) is 3.22. The van der Waals surface area contributed by atoms with Gasteiger partial charge in [0.15, 0.2) is 0 Å². The van der Waals surface area contributed by atoms with Crippen molar-refractivity contribution in [3.05, 3.63) is 59.4 Å². The van der Waals surface area contributed by atoms with Crippen molar-refractivity contribution >= 4 is 23.5 Å². The number of hydrogen-bond acceptors (Lipinski definition) is 8. The zero-order valence-corrected chi connectivity index (χ0v) is 17.7. The Balaban J connectivity index is 1.35. The van der Waals surface area contributed by atoms with E-state index >= 15 is 0 Å². The number of aromatic nitrogens is 4. The first-order valence-corrected chi connectivity index (χ1v) is 11.0. The first kappa shape index (κ1) is 20.2. The highest BCUT2D eigenvalue weighted by Crippen LogP contribution is 2.25. The first-order chi connectivity index (χ1) is 14.6. The number of pyridine rings is 2. The molecule has 0 saturated heterocycles. The normalized spacial score (nSPS) is 18.2. The first-order valence-electron chi connectivity index (χ1n) is 9.77. The van der Waals surface area contributed by atoms with Crippen molar-refractivity contribution < 1.29 is 4.74 Å². The van der Waals surface area contributed by atoms with E-state index in [-0.39, 0.29) is 5.56 Å². The quantitative estimate of drug-likeness (QED) is 0.559. The smallest absolute Gasteiger partial charge is 0.255 e. The summed E-state index contributed by atoms with van der Waals surface area (Å²) < 4.78 is 6.72. The molecule has 3 heterocycles. The van der Waals surface area contributed by atoms with Crippen LogP contribution in [0.25, 0.3) is 5.69 Å². The highest BCUT2D eigenvalue weighted by atomic mass is 32.2. The highest BCUT2D eigenvalue weighted by Gasteiger charge is 2.25. The SMILES string of the molecule is COc1ccc(=O)n(-c2ccc(N[C@H]3CC[C@H](Nc4ncc(SC)cn4)C3)nc2)c1. The third-order valence-electron chi connectivity index (χ3n) is 5.13. The number of nitrogens with one attached hydrogen (secondary N) is 2. The molecular formula is C21H24N6O2S. The number of nitrogens with zero attached hydrogens (tertiary/aromatic N) is 4. The highest BCUT2D eigenvalue weighted by molar-refractivity contribution is 7.98. The topological polar surface area (TPSA) is 94.0 Å². The van der Waals surface area contributed by atoms with Crippen LogP contribution in [-0.2, 0) is 0 Å². The van der Waals surface area contributed by atoms with E-state index < -0.39 is 0 Å². The van der Waals surface area contributed by atoms with Crippen molar-refractivity contribution in [1.82, 2.24) is 19.5 Å². The fraction of sp³-hybridized carbons (Fsp3) is 0.333. The molecule has 1 aliphatic rings. The van der Waals surface area contributed by atoms with Gasteiger partial charge in [-0.25, -0.2) is 15.0 Å². The van der Waals surface area contributed by atoms with Crippen LogP contribution in [0, 0.1) is 0 Å². The summed E-state index contributed by atoms with van der Waals surface area (Å²) in [7, 11) is 1.57. The Hall–Kier alpha value is -3.07. The van der Waals surface area contributed by atoms with Crippen LogP contribution >= 0.6 is 11.8 Å². The number of hydrogen-bond donors (Lipinski definition) is 2. The van der Waals surface area contributed by atoms with Gasteiger partial charge in [0.1, 0.15) is 11.6 Å². The van der Waals surface area contributed by atoms with E-state index in [1.54, 1.807) is 37.3 Å². The lowest BCUT2D eigenvalue weighted by molar-refractivity contribution is 0.411. The van der Waals surface area contributed by atoms with Gasteiger partial charge in [-0.1, -0.05) is 0 Å². The van der Waals surface area contributed by atoms with Gasteiger partial charge in [0.2, 0.25) is 5.95 Å². The second-order valence-electron chi connectivity index (χ2n) is 7.12. The second kappa shape index (κ2) is 9.17. The molecule has 1 fully saturated rings. The van der Waals surface area contributed by atoms with Crippen LogP contribution in [0.3, 0.4) is 0 Å². The minimum Gasteiger partial charge on any atom is -0.495 e. The Morgan fingerprint density at radius 1 is 1.03 bits per heavy atom. The molecule has 4 rings (SSSR count). The van der Waals surface area contributed by atoms with Gasteiger partial charge in [0.25, 0.3) is 5.56 Å². The van der Waals surface area contributed by atoms with Gasteiger partial charge >= 0.3 is 0 Å². The number of rotatable bonds is 7. The van der Waals surface area contributed by atoms with Gasteiger partial charge < -0.3 is 15.4 Å². The third kappa shape index (κ3) is 4.73. The lowest BCUT2D eigenvalue weighted by Crippen LogP contribution is -2.22. The van der Waals surface area contributed by atoms with E-state index in [0.29, 0.717) is 29.5 Å². The van der Waals surface area contributed by atoms with Crippen LogP contribution in [0.1, 0.15) is 19.3 Å². The minimum atomic E-state index is -0.129. The summed E-state index contributed by atoms with van der Waals surface area (Å²) >= 11 is 1.63. The molecule has 0 amide bonds. The Morgan fingerprint density at radius 3 is 2.47 bits per heavy atom. The monoisotopic (exact) mass is 424 g/mol. The molecule has 8 nitrogen and oxygen atoms in total. The van der Waals surface area contributed by atoms with Crippen LogP contribution in [0.5, 0.6) is 5.75 Å². The molecule has 156 valence electrons. The largest absolute Gasteiger partial charge is 0.495 e. The minimum absolute atomic E-state index is 0.129. The molecule has 1 saturated carbocycles. The summed E-state index contributed by atoms with van der Waals surface area (Å²) in [4.78, 5) is 26.4. The summed E-state index contributed by atoms with van der Waals surface area (Å²) in [6, 6.07) is 7.56. The molecule has 1 aliphatic carbocycles. The van der Waals surface area contributed by atoms with Gasteiger partial charge in [0.05, 0.1) is 25.2 Å². The Kier molecular flexibility index (Phi) is 6.18. The van der Waals surface area contributed by atoms with Crippen LogP contribution in [0.4, 0.5) is 11.8 Å². The van der Waals surface area contributed by atoms with Crippen LogP contribution in [-0.4, -0.2) is 45.0 Å². The summed E-state index contributed by atoms with van der Waals surface area (Å²) in [5.41, 5.74) is 0.567. The van der Waals surface area contributed by atoms with Crippen molar-refractivity contribution in [2.45, 2.75) is 36.2 Å². The lowest BCUT2D eigenvalue weighted by atomic mass is 10.2. The maximum absolute atomic E-state index is 12.1. The van der Waals surface area contributed by atoms with Crippen LogP contribution in [0.15, 0.2) is 58.7 Å². The maximum atomic E-state index is 12.1. The Labute approximate surface area is 179 Å². The number of anilines is 2. The molecule has 0 bridgehead atoms. The molecule has 30 heavy (non-hydrogen) atoms. The average molecular weight is 425 g/mol. The fourth-order valence-corrected chi connectivity index (χ4v) is 3.85. The molecule has 2 N–H and O–H groups in total. The lowest BCUT2D eigenvalue weighted by Gasteiger charge is -2.15. The van der Waals surface area contributed by atoms with E-state index in [1.165, 1.54) is 10.6 Å². The van der Waals surface area contributed by atoms with Gasteiger partial charge in [0, 0.05) is 35.4 Å². The molecular weight excluding hydrogens is 400 g/mol. The van der Waals surface area contributed by atoms with Crippen molar-refractivity contribution in [1.29, 1.82) is 0 Å². The molecule has 0 spiro atoms. The Morgan fingerprint density at radius 2 is 1.80 bits per heavy atom. The molecule has 3 aromatic heterocycles. The molecule has 3 aromatic rings. The summed E-state index contributed by atoms with van der Waals surface area (Å²) in [5, 5.41) is 6.90. The molecule has 0 radical (unpaired) electrons. The fourth-order valence-electron chi connectivity index (χ4n) is 3.54. The number of thioether (sulfide) groups is 1. The maximum Gasteiger partial charge on any atom is 0.255 e. The van der Waals surface area contributed by atoms with Crippen LogP contribution < -0.4 is 20.9 Å². The van der Waals surface area contributed by atoms with Gasteiger partial charge in [-0.3, -0.25) is 9.36 Å². The zero-order chi connectivity index (χ0) is 20.9. The number of methoxy groups -OCH3 is 1. The summed E-state index contributed by atoms with van der Waals surface area (Å²) in [6.07, 6.45) is 12.1. The van der Waals surface area contributed by atoms with Crippen molar-refractivity contribution in [3.8, 4) is 11.4 Å². The van der Waals surface area contributed by atoms with Gasteiger partial charge in [-0.05, 0) is 43.7 Å². The van der Waals surface area contributed by atoms with Crippen molar-refractivity contribution in [2.24, 2.45) is 0 Å². The zero-order valence-electron chi connectivity index (χ0n) is 16.9. The standard InChI is InChI=1S/C21H24N6O2S/c1-29-17-6-8-20(28)27(13-17)16-5-7-19(22-10-16)25-14-3-4-15(9-14)26-21-23-11-18(30-2)12-24-21/h5-8,10-15H,3-4,9H2,1-2H3,(H,22,25)(H,23,24,26)/t14-,15-/m0/s1. The number of ether oxygens (including phenoxy) is 1. The van der Waals surface area contributed by atoms with E-state index in [9.17, 15) is 4.79 Å². The van der Waals surface area contributed by atoms with Crippen LogP contribution in [0.2, 0.25) is 0 Å². The molecule has 2 atom stereocenters. The van der Waals surface area contributed by atoms with Crippen molar-refractivity contribution in [2.75, 3.05) is 24.0 Å². The second-order valence-corrected chi connectivity index (χ2v) is 8.00. The van der Waals surface area contributed by atoms with E-state index in [2.05, 4.69) is 25.6 Å². The summed E-state index contributed by atoms with van der Waals surface area (Å²) in [5.74, 6) is 2.08. The summed E-state index contributed by atoms with van der Waals surface area (Å²) in [6.45, 7) is 0. The van der Waals surface area contributed by atoms with E-state index in [4.69, 9.17) is 4.74 Å².